The molecule has 0 spiro atoms. The van der Waals surface area contributed by atoms with Crippen LogP contribution in [-0.4, -0.2) is 51.5 Å². The summed E-state index contributed by atoms with van der Waals surface area (Å²) in [5.74, 6) is 2.52. The molecule has 0 saturated carbocycles. The van der Waals surface area contributed by atoms with E-state index in [0.717, 1.165) is 37.7 Å². The number of morpholine rings is 1. The van der Waals surface area contributed by atoms with Gasteiger partial charge in [0.15, 0.2) is 11.1 Å². The van der Waals surface area contributed by atoms with Gasteiger partial charge in [-0.25, -0.2) is 4.98 Å². The Labute approximate surface area is 156 Å². The average Bonchev–Trinajstić information content (AvgIpc) is 3.15. The second-order valence-electron chi connectivity index (χ2n) is 5.60. The summed E-state index contributed by atoms with van der Waals surface area (Å²) >= 11 is 1.47. The number of nitrogens with zero attached hydrogens (tertiary/aromatic N) is 2. The lowest BCUT2D eigenvalue weighted by atomic mass is 10.1. The molecule has 8 nitrogen and oxygen atoms in total. The van der Waals surface area contributed by atoms with Gasteiger partial charge < -0.3 is 29.7 Å². The molecule has 140 valence electrons. The largest absolute Gasteiger partial charge is 0.496 e. The standard InChI is InChI=1S/C17H23N5O3S/c1-23-13-4-3-5-14(24-2)12(13)10-19-16(18)21-17-20-15(11-26-17)22-6-8-25-9-7-22/h3-5,11H,6-10H2,1-2H3,(H3,18,19,20,21). The van der Waals surface area contributed by atoms with E-state index >= 15 is 0 Å². The Morgan fingerprint density at radius 3 is 2.62 bits per heavy atom. The molecule has 0 atom stereocenters. The van der Waals surface area contributed by atoms with Crippen LogP contribution in [0.15, 0.2) is 23.6 Å². The number of aromatic nitrogens is 1. The third kappa shape index (κ3) is 4.36. The second kappa shape index (κ2) is 8.72. The van der Waals surface area contributed by atoms with Gasteiger partial charge in [-0.05, 0) is 12.1 Å². The van der Waals surface area contributed by atoms with E-state index in [-0.39, 0.29) is 5.96 Å². The van der Waals surface area contributed by atoms with Crippen LogP contribution in [0.25, 0.3) is 0 Å². The summed E-state index contributed by atoms with van der Waals surface area (Å²) in [7, 11) is 3.23. The number of benzene rings is 1. The molecule has 3 N–H and O–H groups in total. The molecule has 1 fully saturated rings. The van der Waals surface area contributed by atoms with Crippen molar-refractivity contribution in [2.45, 2.75) is 6.54 Å². The van der Waals surface area contributed by atoms with Gasteiger partial charge in [0.2, 0.25) is 0 Å². The number of hydrogen-bond donors (Lipinski definition) is 3. The maximum atomic E-state index is 8.11. The predicted molar refractivity (Wildman–Crippen MR) is 103 cm³/mol. The Hall–Kier alpha value is -2.52. The summed E-state index contributed by atoms with van der Waals surface area (Å²) < 4.78 is 16.1. The predicted octanol–water partition coefficient (Wildman–Crippen LogP) is 2.13. The monoisotopic (exact) mass is 377 g/mol. The van der Waals surface area contributed by atoms with Gasteiger partial charge in [0.05, 0.1) is 39.5 Å². The van der Waals surface area contributed by atoms with Gasteiger partial charge in [-0.1, -0.05) is 6.07 Å². The Bertz CT molecular complexity index is 723. The highest BCUT2D eigenvalue weighted by Gasteiger charge is 2.15. The number of methoxy groups -OCH3 is 2. The molecule has 2 heterocycles. The molecule has 0 radical (unpaired) electrons. The Morgan fingerprint density at radius 2 is 1.96 bits per heavy atom. The molecular weight excluding hydrogens is 354 g/mol. The Balaban J connectivity index is 1.57. The zero-order chi connectivity index (χ0) is 18.4. The minimum absolute atomic E-state index is 0.167. The third-order valence-electron chi connectivity index (χ3n) is 4.03. The SMILES string of the molecule is COc1cccc(OC)c1CNC(=N)Nc1nc(N2CCOCC2)cs1. The highest BCUT2D eigenvalue weighted by atomic mass is 32.1. The number of nitrogens with one attached hydrogen (secondary N) is 3. The zero-order valence-corrected chi connectivity index (χ0v) is 15.7. The lowest BCUT2D eigenvalue weighted by molar-refractivity contribution is 0.122. The fraction of sp³-hybridized carbons (Fsp3) is 0.412. The molecule has 0 bridgehead atoms. The van der Waals surface area contributed by atoms with Crippen LogP contribution in [0.5, 0.6) is 11.5 Å². The van der Waals surface area contributed by atoms with Gasteiger partial charge in [0.25, 0.3) is 0 Å². The normalized spacial score (nSPS) is 14.0. The summed E-state index contributed by atoms with van der Waals surface area (Å²) in [4.78, 5) is 6.73. The van der Waals surface area contributed by atoms with E-state index in [1.54, 1.807) is 14.2 Å². The summed E-state index contributed by atoms with van der Waals surface area (Å²) in [6.07, 6.45) is 0. The summed E-state index contributed by atoms with van der Waals surface area (Å²) in [6.45, 7) is 3.52. The van der Waals surface area contributed by atoms with E-state index in [2.05, 4.69) is 20.5 Å². The van der Waals surface area contributed by atoms with Crippen molar-refractivity contribution in [1.29, 1.82) is 5.41 Å². The first kappa shape index (κ1) is 18.3. The van der Waals surface area contributed by atoms with E-state index in [1.165, 1.54) is 11.3 Å². The molecule has 0 amide bonds. The molecule has 1 aliphatic rings. The average molecular weight is 377 g/mol. The van der Waals surface area contributed by atoms with Gasteiger partial charge in [-0.2, -0.15) is 0 Å². The van der Waals surface area contributed by atoms with Crippen molar-refractivity contribution in [3.63, 3.8) is 0 Å². The first-order chi connectivity index (χ1) is 12.7. The van der Waals surface area contributed by atoms with Crippen LogP contribution in [0.1, 0.15) is 5.56 Å². The number of rotatable bonds is 6. The lowest BCUT2D eigenvalue weighted by Crippen LogP contribution is -2.36. The van der Waals surface area contributed by atoms with E-state index in [0.29, 0.717) is 23.2 Å². The third-order valence-corrected chi connectivity index (χ3v) is 4.78. The van der Waals surface area contributed by atoms with Gasteiger partial charge in [0.1, 0.15) is 17.3 Å². The summed E-state index contributed by atoms with van der Waals surface area (Å²) in [5.41, 5.74) is 0.859. The van der Waals surface area contributed by atoms with Crippen molar-refractivity contribution in [3.8, 4) is 11.5 Å². The Morgan fingerprint density at radius 1 is 1.27 bits per heavy atom. The van der Waals surface area contributed by atoms with Crippen LogP contribution in [-0.2, 0) is 11.3 Å². The number of anilines is 2. The minimum Gasteiger partial charge on any atom is -0.496 e. The van der Waals surface area contributed by atoms with Crippen LogP contribution in [0.2, 0.25) is 0 Å². The summed E-state index contributed by atoms with van der Waals surface area (Å²) in [6, 6.07) is 5.60. The van der Waals surface area contributed by atoms with Crippen molar-refractivity contribution in [1.82, 2.24) is 10.3 Å². The van der Waals surface area contributed by atoms with Crippen molar-refractivity contribution < 1.29 is 14.2 Å². The molecule has 26 heavy (non-hydrogen) atoms. The maximum absolute atomic E-state index is 8.11. The highest BCUT2D eigenvalue weighted by Crippen LogP contribution is 2.28. The topological polar surface area (TPSA) is 91.7 Å². The van der Waals surface area contributed by atoms with Gasteiger partial charge in [-0.15, -0.1) is 11.3 Å². The van der Waals surface area contributed by atoms with Crippen molar-refractivity contribution in [2.24, 2.45) is 0 Å². The molecule has 1 aliphatic heterocycles. The smallest absolute Gasteiger partial charge is 0.195 e. The molecule has 0 aliphatic carbocycles. The van der Waals surface area contributed by atoms with Crippen molar-refractivity contribution in [3.05, 3.63) is 29.1 Å². The van der Waals surface area contributed by atoms with Gasteiger partial charge >= 0.3 is 0 Å². The molecular formula is C17H23N5O3S. The van der Waals surface area contributed by atoms with Gasteiger partial charge in [0, 0.05) is 18.5 Å². The molecule has 1 aromatic carbocycles. The second-order valence-corrected chi connectivity index (χ2v) is 6.46. The fourth-order valence-electron chi connectivity index (χ4n) is 2.69. The van der Waals surface area contributed by atoms with Crippen LogP contribution < -0.4 is 25.0 Å². The number of hydrogen-bond acceptors (Lipinski definition) is 7. The molecule has 1 aromatic heterocycles. The molecule has 9 heteroatoms. The number of ether oxygens (including phenoxy) is 3. The summed E-state index contributed by atoms with van der Waals surface area (Å²) in [5, 5.41) is 16.8. The van der Waals surface area contributed by atoms with E-state index in [1.807, 2.05) is 23.6 Å². The molecule has 1 saturated heterocycles. The molecule has 0 unspecified atom stereocenters. The van der Waals surface area contributed by atoms with Crippen LogP contribution in [0.4, 0.5) is 10.9 Å². The first-order valence-electron chi connectivity index (χ1n) is 8.28. The van der Waals surface area contributed by atoms with E-state index in [9.17, 15) is 0 Å². The van der Waals surface area contributed by atoms with Gasteiger partial charge in [-0.3, -0.25) is 5.41 Å². The number of guanidine groups is 1. The van der Waals surface area contributed by atoms with Crippen LogP contribution in [0.3, 0.4) is 0 Å². The molecule has 2 aromatic rings. The number of thiazole rings is 1. The molecule has 3 rings (SSSR count). The zero-order valence-electron chi connectivity index (χ0n) is 14.9. The fourth-order valence-corrected chi connectivity index (χ4v) is 3.42. The maximum Gasteiger partial charge on any atom is 0.195 e. The van der Waals surface area contributed by atoms with Crippen LogP contribution in [0, 0.1) is 5.41 Å². The Kier molecular flexibility index (Phi) is 6.13. The lowest BCUT2D eigenvalue weighted by Gasteiger charge is -2.26. The van der Waals surface area contributed by atoms with Crippen LogP contribution >= 0.6 is 11.3 Å². The highest BCUT2D eigenvalue weighted by molar-refractivity contribution is 7.14. The van der Waals surface area contributed by atoms with Crippen molar-refractivity contribution >= 4 is 28.2 Å². The quantitative estimate of drug-likeness (QED) is 0.525. The van der Waals surface area contributed by atoms with E-state index < -0.39 is 0 Å². The minimum atomic E-state index is 0.167. The van der Waals surface area contributed by atoms with Crippen molar-refractivity contribution in [2.75, 3.05) is 50.7 Å². The van der Waals surface area contributed by atoms with E-state index in [4.69, 9.17) is 19.6 Å². The first-order valence-corrected chi connectivity index (χ1v) is 9.16.